The lowest BCUT2D eigenvalue weighted by atomic mass is 10.1. The van der Waals surface area contributed by atoms with Gasteiger partial charge in [0.1, 0.15) is 5.82 Å². The Labute approximate surface area is 111 Å². The predicted octanol–water partition coefficient (Wildman–Crippen LogP) is 2.30. The van der Waals surface area contributed by atoms with Gasteiger partial charge in [0.15, 0.2) is 0 Å². The molecule has 0 aromatic heterocycles. The standard InChI is InChI=1S/C10H9F2N5O3/c11-6-4-7(9(12)8(5-6)17(19)20)10(18)14-2-1-3-15-16-13/h4-5H,1-3H2,(H,14,18). The molecule has 10 heteroatoms. The number of carbonyl (C=O) groups is 1. The number of nitro groups is 1. The number of azide groups is 1. The molecule has 0 unspecified atom stereocenters. The van der Waals surface area contributed by atoms with Gasteiger partial charge in [0.25, 0.3) is 5.91 Å². The second-order valence-corrected chi connectivity index (χ2v) is 3.61. The summed E-state index contributed by atoms with van der Waals surface area (Å²) in [5, 5.41) is 16.0. The first-order valence-corrected chi connectivity index (χ1v) is 5.40. The Morgan fingerprint density at radius 2 is 2.20 bits per heavy atom. The second-order valence-electron chi connectivity index (χ2n) is 3.61. The molecule has 0 saturated carbocycles. The van der Waals surface area contributed by atoms with Gasteiger partial charge in [-0.3, -0.25) is 14.9 Å². The van der Waals surface area contributed by atoms with Gasteiger partial charge in [-0.15, -0.1) is 0 Å². The Kier molecular flexibility index (Phi) is 5.36. The van der Waals surface area contributed by atoms with Gasteiger partial charge in [0.2, 0.25) is 5.82 Å². The quantitative estimate of drug-likeness (QED) is 0.215. The fraction of sp³-hybridized carbons (Fsp3) is 0.300. The van der Waals surface area contributed by atoms with Crippen molar-refractivity contribution in [3.8, 4) is 0 Å². The van der Waals surface area contributed by atoms with Crippen molar-refractivity contribution in [2.75, 3.05) is 13.1 Å². The van der Waals surface area contributed by atoms with Crippen molar-refractivity contribution in [2.24, 2.45) is 5.11 Å². The number of hydrogen-bond donors (Lipinski definition) is 1. The molecule has 1 N–H and O–H groups in total. The summed E-state index contributed by atoms with van der Waals surface area (Å²) in [7, 11) is 0. The van der Waals surface area contributed by atoms with Crippen molar-refractivity contribution in [3.63, 3.8) is 0 Å². The number of nitro benzene ring substituents is 1. The summed E-state index contributed by atoms with van der Waals surface area (Å²) in [5.41, 5.74) is 6.16. The Bertz CT molecular complexity index is 587. The monoisotopic (exact) mass is 285 g/mol. The highest BCUT2D eigenvalue weighted by Gasteiger charge is 2.23. The van der Waals surface area contributed by atoms with Gasteiger partial charge in [-0.2, -0.15) is 4.39 Å². The van der Waals surface area contributed by atoms with Gasteiger partial charge in [-0.25, -0.2) is 4.39 Å². The van der Waals surface area contributed by atoms with Crippen LogP contribution >= 0.6 is 0 Å². The van der Waals surface area contributed by atoms with Crippen molar-refractivity contribution in [3.05, 3.63) is 49.9 Å². The van der Waals surface area contributed by atoms with E-state index >= 15 is 0 Å². The number of amides is 1. The van der Waals surface area contributed by atoms with Crippen molar-refractivity contribution in [1.82, 2.24) is 5.32 Å². The van der Waals surface area contributed by atoms with Crippen LogP contribution in [0.3, 0.4) is 0 Å². The Morgan fingerprint density at radius 1 is 1.50 bits per heavy atom. The molecule has 0 bridgehead atoms. The Balaban J connectivity index is 2.82. The van der Waals surface area contributed by atoms with E-state index in [4.69, 9.17) is 5.53 Å². The zero-order valence-corrected chi connectivity index (χ0v) is 10.0. The number of rotatable bonds is 6. The molecule has 0 atom stereocenters. The average molecular weight is 285 g/mol. The first-order valence-electron chi connectivity index (χ1n) is 5.40. The van der Waals surface area contributed by atoms with Crippen LogP contribution in [0.15, 0.2) is 17.2 Å². The van der Waals surface area contributed by atoms with Crippen LogP contribution < -0.4 is 5.32 Å². The molecule has 20 heavy (non-hydrogen) atoms. The van der Waals surface area contributed by atoms with E-state index in [0.717, 1.165) is 0 Å². The summed E-state index contributed by atoms with van der Waals surface area (Å²) in [6, 6.07) is 0.971. The summed E-state index contributed by atoms with van der Waals surface area (Å²) in [4.78, 5) is 23.5. The van der Waals surface area contributed by atoms with E-state index in [1.54, 1.807) is 0 Å². The molecule has 0 heterocycles. The van der Waals surface area contributed by atoms with E-state index in [1.807, 2.05) is 0 Å². The van der Waals surface area contributed by atoms with Gasteiger partial charge in [-0.05, 0) is 18.0 Å². The summed E-state index contributed by atoms with van der Waals surface area (Å²) in [6.07, 6.45) is 0.300. The number of hydrogen-bond acceptors (Lipinski definition) is 4. The van der Waals surface area contributed by atoms with Crippen molar-refractivity contribution < 1.29 is 18.5 Å². The number of benzene rings is 1. The maximum absolute atomic E-state index is 13.6. The second kappa shape index (κ2) is 7.00. The first-order chi connectivity index (χ1) is 9.47. The molecule has 0 aliphatic heterocycles. The van der Waals surface area contributed by atoms with E-state index < -0.39 is 33.7 Å². The van der Waals surface area contributed by atoms with Crippen molar-refractivity contribution in [2.45, 2.75) is 6.42 Å². The minimum absolute atomic E-state index is 0.0571. The van der Waals surface area contributed by atoms with Gasteiger partial charge in [-0.1, -0.05) is 5.11 Å². The molecule has 1 amide bonds. The van der Waals surface area contributed by atoms with Gasteiger partial charge < -0.3 is 5.32 Å². The van der Waals surface area contributed by atoms with Crippen LogP contribution in [0, 0.1) is 21.7 Å². The average Bonchev–Trinajstić information content (AvgIpc) is 2.40. The maximum Gasteiger partial charge on any atom is 0.308 e. The molecule has 0 spiro atoms. The Morgan fingerprint density at radius 3 is 2.80 bits per heavy atom. The zero-order chi connectivity index (χ0) is 15.1. The van der Waals surface area contributed by atoms with E-state index in [0.29, 0.717) is 18.6 Å². The Hall–Kier alpha value is -2.74. The molecule has 1 aromatic carbocycles. The first kappa shape index (κ1) is 15.3. The summed E-state index contributed by atoms with van der Waals surface area (Å²) < 4.78 is 26.8. The third kappa shape index (κ3) is 3.89. The lowest BCUT2D eigenvalue weighted by Crippen LogP contribution is -2.26. The van der Waals surface area contributed by atoms with E-state index in [-0.39, 0.29) is 13.1 Å². The van der Waals surface area contributed by atoms with Gasteiger partial charge in [0, 0.05) is 18.0 Å². The largest absolute Gasteiger partial charge is 0.352 e. The van der Waals surface area contributed by atoms with Crippen LogP contribution in [-0.4, -0.2) is 23.9 Å². The minimum Gasteiger partial charge on any atom is -0.352 e. The topological polar surface area (TPSA) is 121 Å². The molecule has 0 fully saturated rings. The SMILES string of the molecule is [N-]=[N+]=NCCCNC(=O)c1cc(F)cc([N+](=O)[O-])c1F. The number of halogens is 2. The smallest absolute Gasteiger partial charge is 0.308 e. The molecule has 106 valence electrons. The van der Waals surface area contributed by atoms with Crippen LogP contribution in [0.2, 0.25) is 0 Å². The predicted molar refractivity (Wildman–Crippen MR) is 64.0 cm³/mol. The lowest BCUT2D eigenvalue weighted by Gasteiger charge is -2.05. The minimum atomic E-state index is -1.40. The molecule has 0 aliphatic rings. The number of nitrogens with one attached hydrogen (secondary N) is 1. The van der Waals surface area contributed by atoms with Crippen LogP contribution in [-0.2, 0) is 0 Å². The number of carbonyl (C=O) groups excluding carboxylic acids is 1. The van der Waals surface area contributed by atoms with Crippen LogP contribution in [0.4, 0.5) is 14.5 Å². The third-order valence-electron chi connectivity index (χ3n) is 2.24. The molecular formula is C10H9F2N5O3. The highest BCUT2D eigenvalue weighted by molar-refractivity contribution is 5.95. The molecule has 8 nitrogen and oxygen atoms in total. The summed E-state index contributed by atoms with van der Waals surface area (Å²) in [5.74, 6) is -3.47. The fourth-order valence-electron chi connectivity index (χ4n) is 1.36. The zero-order valence-electron chi connectivity index (χ0n) is 10.0. The summed E-state index contributed by atoms with van der Waals surface area (Å²) >= 11 is 0. The van der Waals surface area contributed by atoms with Crippen LogP contribution in [0.5, 0.6) is 0 Å². The highest BCUT2D eigenvalue weighted by atomic mass is 19.1. The highest BCUT2D eigenvalue weighted by Crippen LogP contribution is 2.22. The lowest BCUT2D eigenvalue weighted by molar-refractivity contribution is -0.387. The van der Waals surface area contributed by atoms with E-state index in [9.17, 15) is 23.7 Å². The fourth-order valence-corrected chi connectivity index (χ4v) is 1.36. The van der Waals surface area contributed by atoms with Crippen molar-refractivity contribution >= 4 is 11.6 Å². The van der Waals surface area contributed by atoms with Crippen LogP contribution in [0.1, 0.15) is 16.8 Å². The molecule has 0 aliphatic carbocycles. The molecular weight excluding hydrogens is 276 g/mol. The van der Waals surface area contributed by atoms with Crippen molar-refractivity contribution in [1.29, 1.82) is 0 Å². The van der Waals surface area contributed by atoms with E-state index in [1.165, 1.54) is 0 Å². The molecule has 1 aromatic rings. The number of nitrogens with zero attached hydrogens (tertiary/aromatic N) is 4. The molecule has 0 radical (unpaired) electrons. The molecule has 1 rings (SSSR count). The third-order valence-corrected chi connectivity index (χ3v) is 2.24. The van der Waals surface area contributed by atoms with Gasteiger partial charge in [0.05, 0.1) is 16.6 Å². The normalized spacial score (nSPS) is 9.70. The maximum atomic E-state index is 13.6. The van der Waals surface area contributed by atoms with E-state index in [2.05, 4.69) is 15.3 Å². The molecule has 0 saturated heterocycles. The van der Waals surface area contributed by atoms with Gasteiger partial charge >= 0.3 is 5.69 Å². The van der Waals surface area contributed by atoms with Crippen LogP contribution in [0.25, 0.3) is 10.4 Å². The summed E-state index contributed by atoms with van der Waals surface area (Å²) in [6.45, 7) is 0.185.